The number of aliphatic hydroxyl groups excluding tert-OH is 9. The van der Waals surface area contributed by atoms with Gasteiger partial charge in [-0.3, -0.25) is 14.4 Å². The van der Waals surface area contributed by atoms with Crippen molar-refractivity contribution in [2.24, 2.45) is 5.73 Å². The summed E-state index contributed by atoms with van der Waals surface area (Å²) in [5, 5.41) is 102. The molecule has 0 bridgehead atoms. The molecule has 0 aromatic carbocycles. The number of rotatable bonds is 13. The van der Waals surface area contributed by atoms with Gasteiger partial charge in [0.1, 0.15) is 85.3 Å². The van der Waals surface area contributed by atoms with Crippen LogP contribution < -0.4 is 21.7 Å². The van der Waals surface area contributed by atoms with E-state index < -0.39 is 160 Å². The Balaban J connectivity index is 1.58. The largest absolute Gasteiger partial charge is 0.394 e. The van der Waals surface area contributed by atoms with Crippen molar-refractivity contribution in [1.29, 1.82) is 0 Å². The molecular formula is C30H52N4O19. The first-order valence-electron chi connectivity index (χ1n) is 17.0. The van der Waals surface area contributed by atoms with Crippen LogP contribution >= 0.6 is 0 Å². The lowest BCUT2D eigenvalue weighted by Crippen LogP contribution is -2.71. The summed E-state index contributed by atoms with van der Waals surface area (Å²) in [4.78, 5) is 36.3. The molecule has 4 unspecified atom stereocenters. The third-order valence-electron chi connectivity index (χ3n) is 9.42. The predicted octanol–water partition coefficient (Wildman–Crippen LogP) is -8.67. The zero-order valence-corrected chi connectivity index (χ0v) is 29.2. The van der Waals surface area contributed by atoms with Gasteiger partial charge in [-0.25, -0.2) is 0 Å². The van der Waals surface area contributed by atoms with Gasteiger partial charge >= 0.3 is 0 Å². The van der Waals surface area contributed by atoms with Crippen LogP contribution in [0.2, 0.25) is 0 Å². The molecule has 0 aromatic rings. The van der Waals surface area contributed by atoms with E-state index >= 15 is 0 Å². The fraction of sp³-hybridized carbons (Fsp3) is 0.900. The summed E-state index contributed by atoms with van der Waals surface area (Å²) in [7, 11) is 0. The van der Waals surface area contributed by atoms with E-state index in [1.807, 2.05) is 0 Å². The minimum absolute atomic E-state index is 0.178. The fourth-order valence-corrected chi connectivity index (χ4v) is 6.75. The Bertz CT molecular complexity index is 1220. The van der Waals surface area contributed by atoms with E-state index in [0.717, 1.165) is 13.8 Å². The normalized spacial score (nSPS) is 44.9. The van der Waals surface area contributed by atoms with Crippen molar-refractivity contribution in [3.05, 3.63) is 0 Å². The lowest BCUT2D eigenvalue weighted by atomic mass is 9.93. The fourth-order valence-electron chi connectivity index (χ4n) is 6.75. The molecule has 0 spiro atoms. The summed E-state index contributed by atoms with van der Waals surface area (Å²) in [6.45, 7) is 0.168. The van der Waals surface area contributed by atoms with Crippen LogP contribution in [0.4, 0.5) is 0 Å². The molecule has 23 nitrogen and oxygen atoms in total. The number of amides is 3. The van der Waals surface area contributed by atoms with E-state index in [0.29, 0.717) is 0 Å². The van der Waals surface area contributed by atoms with Crippen molar-refractivity contribution in [3.8, 4) is 0 Å². The highest BCUT2D eigenvalue weighted by atomic mass is 16.8. The molecule has 3 amide bonds. The predicted molar refractivity (Wildman–Crippen MR) is 170 cm³/mol. The number of hydrogen-bond acceptors (Lipinski definition) is 20. The van der Waals surface area contributed by atoms with Gasteiger partial charge in [0.15, 0.2) is 18.9 Å². The van der Waals surface area contributed by atoms with Crippen molar-refractivity contribution >= 4 is 17.7 Å². The van der Waals surface area contributed by atoms with Gasteiger partial charge < -0.3 is 101 Å². The molecule has 0 radical (unpaired) electrons. The zero-order valence-electron chi connectivity index (χ0n) is 29.2. The first-order chi connectivity index (χ1) is 25.1. The molecule has 4 saturated heterocycles. The first-order valence-corrected chi connectivity index (χ1v) is 17.0. The van der Waals surface area contributed by atoms with E-state index in [9.17, 15) is 60.3 Å². The van der Waals surface area contributed by atoms with Crippen LogP contribution in [-0.2, 0) is 47.5 Å². The Labute approximate surface area is 303 Å². The summed E-state index contributed by atoms with van der Waals surface area (Å²) in [5.74, 6) is -1.88. The van der Waals surface area contributed by atoms with Crippen LogP contribution in [0.3, 0.4) is 0 Å². The Morgan fingerprint density at radius 1 is 0.566 bits per heavy atom. The highest BCUT2D eigenvalue weighted by molar-refractivity contribution is 5.74. The number of nitrogens with one attached hydrogen (secondary N) is 3. The highest BCUT2D eigenvalue weighted by Gasteiger charge is 2.55. The molecule has 4 aliphatic rings. The minimum atomic E-state index is -1.81. The maximum atomic E-state index is 12.3. The number of nitrogens with two attached hydrogens (primary N) is 1. The van der Waals surface area contributed by atoms with Gasteiger partial charge in [0.05, 0.1) is 45.1 Å². The molecular weight excluding hydrogens is 720 g/mol. The van der Waals surface area contributed by atoms with Crippen LogP contribution in [0.5, 0.6) is 0 Å². The van der Waals surface area contributed by atoms with E-state index in [1.54, 1.807) is 0 Å². The summed E-state index contributed by atoms with van der Waals surface area (Å²) < 4.78 is 40.7. The van der Waals surface area contributed by atoms with E-state index in [-0.39, 0.29) is 6.61 Å². The van der Waals surface area contributed by atoms with Crippen LogP contribution in [0.25, 0.3) is 0 Å². The molecule has 14 N–H and O–H groups in total. The van der Waals surface area contributed by atoms with Gasteiger partial charge in [0.25, 0.3) is 0 Å². The first kappa shape index (κ1) is 43.5. The van der Waals surface area contributed by atoms with E-state index in [1.165, 1.54) is 6.92 Å². The monoisotopic (exact) mass is 772 g/mol. The Morgan fingerprint density at radius 2 is 0.962 bits per heavy atom. The molecule has 53 heavy (non-hydrogen) atoms. The van der Waals surface area contributed by atoms with Gasteiger partial charge in [-0.1, -0.05) is 0 Å². The Hall–Kier alpha value is -2.27. The lowest BCUT2D eigenvalue weighted by Gasteiger charge is -2.50. The molecule has 0 aliphatic carbocycles. The maximum Gasteiger partial charge on any atom is 0.217 e. The van der Waals surface area contributed by atoms with Crippen molar-refractivity contribution in [3.63, 3.8) is 0 Å². The molecule has 0 saturated carbocycles. The smallest absolute Gasteiger partial charge is 0.217 e. The third-order valence-corrected chi connectivity index (χ3v) is 9.42. The second-order valence-corrected chi connectivity index (χ2v) is 13.3. The summed E-state index contributed by atoms with van der Waals surface area (Å²) in [6.07, 6.45) is -23.2. The summed E-state index contributed by atoms with van der Waals surface area (Å²) in [6, 6.07) is -5.41. The van der Waals surface area contributed by atoms with Crippen LogP contribution in [0.15, 0.2) is 0 Å². The Morgan fingerprint density at radius 3 is 1.38 bits per heavy atom. The summed E-state index contributed by atoms with van der Waals surface area (Å²) in [5.41, 5.74) is 5.98. The van der Waals surface area contributed by atoms with Crippen LogP contribution in [0.1, 0.15) is 20.8 Å². The zero-order chi connectivity index (χ0) is 39.3. The second-order valence-electron chi connectivity index (χ2n) is 13.3. The van der Waals surface area contributed by atoms with Gasteiger partial charge in [-0.05, 0) is 0 Å². The quantitative estimate of drug-likeness (QED) is 0.0826. The van der Waals surface area contributed by atoms with E-state index in [4.69, 9.17) is 38.9 Å². The summed E-state index contributed by atoms with van der Waals surface area (Å²) >= 11 is 0. The molecule has 0 aromatic heterocycles. The Kier molecular flexibility index (Phi) is 15.6. The maximum absolute atomic E-state index is 12.3. The number of hydrogen-bond donors (Lipinski definition) is 13. The van der Waals surface area contributed by atoms with Crippen molar-refractivity contribution < 1.29 is 93.5 Å². The van der Waals surface area contributed by atoms with Gasteiger partial charge in [0.2, 0.25) is 17.7 Å². The van der Waals surface area contributed by atoms with Gasteiger partial charge in [-0.15, -0.1) is 0 Å². The third kappa shape index (κ3) is 9.95. The van der Waals surface area contributed by atoms with Crippen molar-refractivity contribution in [2.45, 2.75) is 137 Å². The lowest BCUT2D eigenvalue weighted by molar-refractivity contribution is -0.358. The van der Waals surface area contributed by atoms with E-state index in [2.05, 4.69) is 16.0 Å². The average Bonchev–Trinajstić information content (AvgIpc) is 3.11. The van der Waals surface area contributed by atoms with Gasteiger partial charge in [-0.2, -0.15) is 0 Å². The minimum Gasteiger partial charge on any atom is -0.394 e. The SMILES string of the molecule is CC(=O)N[C@H]1CO[C@@H](CO)[C@@H](O[C@@H]2O[C@H](CO)[C@@H](O[C@@H]3O[C@@H](CO)[C@@H](O[C@@H]4O[C@H](CO)[C@@H](O)C(O)[C@H]4N)C(O)[C@H]3NC(C)=O)C(O)[C@H]2NC(C)=O)C1O. The molecule has 19 atom stereocenters. The van der Waals surface area contributed by atoms with Crippen LogP contribution in [0, 0.1) is 0 Å². The van der Waals surface area contributed by atoms with Gasteiger partial charge in [0, 0.05) is 20.8 Å². The number of ether oxygens (including phenoxy) is 7. The number of carbonyl (C=O) groups is 3. The molecule has 4 aliphatic heterocycles. The van der Waals surface area contributed by atoms with Crippen molar-refractivity contribution in [1.82, 2.24) is 16.0 Å². The topological polar surface area (TPSA) is 360 Å². The van der Waals surface area contributed by atoms with Crippen molar-refractivity contribution in [2.75, 3.05) is 33.0 Å². The average molecular weight is 773 g/mol. The number of aliphatic hydroxyl groups is 9. The molecule has 306 valence electrons. The van der Waals surface area contributed by atoms with Crippen LogP contribution in [-0.4, -0.2) is 213 Å². The standard InChI is InChI=1S/C30H52N4O19/c1-9(39)32-12-8-47-14(5-36)25(20(12)42)52-29-19(34-11(3)41)24(46)27(16(7-38)50-29)53-30-18(33-10(2)40)23(45)26(15(6-37)49-30)51-28-17(31)22(44)21(43)13(4-35)48-28/h12-30,35-38,42-46H,4-8,31H2,1-3H3,(H,32,39)(H,33,40)(H,34,41)/t12-,13+,14-,15-,16+,17+,18+,19+,20?,21+,22?,23?,24?,25+,26+,27+,28-,29-,30-/m0/s1. The molecule has 23 heteroatoms. The number of carbonyl (C=O) groups excluding carboxylic acids is 3. The molecule has 4 rings (SSSR count). The molecule has 4 heterocycles. The second kappa shape index (κ2) is 19.1. The highest BCUT2D eigenvalue weighted by Crippen LogP contribution is 2.34. The molecule has 4 fully saturated rings.